The van der Waals surface area contributed by atoms with Crippen LogP contribution in [-0.2, 0) is 4.79 Å². The second-order valence-electron chi connectivity index (χ2n) is 4.24. The van der Waals surface area contributed by atoms with Crippen molar-refractivity contribution in [1.29, 1.82) is 0 Å². The molecule has 17 heavy (non-hydrogen) atoms. The van der Waals surface area contributed by atoms with E-state index in [1.807, 2.05) is 0 Å². The van der Waals surface area contributed by atoms with Gasteiger partial charge in [0.15, 0.2) is 0 Å². The highest BCUT2D eigenvalue weighted by molar-refractivity contribution is 5.38. The third-order valence-corrected chi connectivity index (χ3v) is 2.60. The molecule has 0 radical (unpaired) electrons. The highest BCUT2D eigenvalue weighted by Crippen LogP contribution is 2.10. The Morgan fingerprint density at radius 2 is 1.47 bits per heavy atom. The minimum Gasteiger partial charge on any atom is -0.394 e. The zero-order valence-corrected chi connectivity index (χ0v) is 11.2. The molecule has 0 aliphatic heterocycles. The van der Waals surface area contributed by atoms with Gasteiger partial charge < -0.3 is 10.2 Å². The summed E-state index contributed by atoms with van der Waals surface area (Å²) in [7, 11) is 0. The number of aliphatic hydroxyl groups excluding tert-OH is 2. The summed E-state index contributed by atoms with van der Waals surface area (Å²) in [5.41, 5.74) is 0. The lowest BCUT2D eigenvalue weighted by Gasteiger charge is -2.06. The second-order valence-corrected chi connectivity index (χ2v) is 4.24. The number of hydrogen-bond acceptors (Lipinski definition) is 3. The van der Waals surface area contributed by atoms with Gasteiger partial charge in [0.05, 0.1) is 12.7 Å². The molecule has 0 amide bonds. The van der Waals surface area contributed by atoms with E-state index in [1.54, 1.807) is 0 Å². The SMILES string of the molecule is C=C=O.CCCCCCCCCCC(O)CO. The van der Waals surface area contributed by atoms with E-state index in [0.717, 1.165) is 12.8 Å². The highest BCUT2D eigenvalue weighted by Gasteiger charge is 2.00. The Labute approximate surface area is 106 Å². The highest BCUT2D eigenvalue weighted by atomic mass is 16.3. The summed E-state index contributed by atoms with van der Waals surface area (Å²) in [6.45, 7) is 4.83. The number of aliphatic hydroxyl groups is 2. The van der Waals surface area contributed by atoms with Crippen molar-refractivity contribution in [3.63, 3.8) is 0 Å². The molecule has 0 fully saturated rings. The van der Waals surface area contributed by atoms with Gasteiger partial charge in [0.25, 0.3) is 0 Å². The van der Waals surface area contributed by atoms with Crippen LogP contribution in [0.4, 0.5) is 0 Å². The molecular formula is C14H28O3. The van der Waals surface area contributed by atoms with Crippen LogP contribution >= 0.6 is 0 Å². The second kappa shape index (κ2) is 17.8. The van der Waals surface area contributed by atoms with Crippen LogP contribution in [0.5, 0.6) is 0 Å². The maximum Gasteiger partial charge on any atom is 0.116 e. The number of rotatable bonds is 10. The van der Waals surface area contributed by atoms with Crippen LogP contribution in [-0.4, -0.2) is 28.9 Å². The van der Waals surface area contributed by atoms with Gasteiger partial charge in [-0.2, -0.15) is 0 Å². The Morgan fingerprint density at radius 3 is 1.88 bits per heavy atom. The molecule has 2 N–H and O–H groups in total. The first-order valence-electron chi connectivity index (χ1n) is 6.66. The largest absolute Gasteiger partial charge is 0.394 e. The van der Waals surface area contributed by atoms with Gasteiger partial charge >= 0.3 is 0 Å². The predicted molar refractivity (Wildman–Crippen MR) is 71.6 cm³/mol. The van der Waals surface area contributed by atoms with Gasteiger partial charge in [-0.3, -0.25) is 0 Å². The monoisotopic (exact) mass is 244 g/mol. The van der Waals surface area contributed by atoms with Crippen molar-refractivity contribution in [3.05, 3.63) is 6.58 Å². The molecule has 0 aliphatic carbocycles. The summed E-state index contributed by atoms with van der Waals surface area (Å²) in [6, 6.07) is 0. The van der Waals surface area contributed by atoms with Gasteiger partial charge in [0.2, 0.25) is 0 Å². The van der Waals surface area contributed by atoms with Crippen molar-refractivity contribution in [3.8, 4) is 0 Å². The lowest BCUT2D eigenvalue weighted by atomic mass is 10.1. The van der Waals surface area contributed by atoms with Crippen LogP contribution in [0.15, 0.2) is 6.58 Å². The fraction of sp³-hybridized carbons (Fsp3) is 0.857. The van der Waals surface area contributed by atoms with E-state index in [0.29, 0.717) is 0 Å². The van der Waals surface area contributed by atoms with Crippen LogP contribution in [0.1, 0.15) is 64.7 Å². The fourth-order valence-electron chi connectivity index (χ4n) is 1.61. The summed E-state index contributed by atoms with van der Waals surface area (Å²) in [6.07, 6.45) is 10.5. The molecule has 3 heteroatoms. The first kappa shape index (κ1) is 18.7. The van der Waals surface area contributed by atoms with E-state index in [9.17, 15) is 0 Å². The molecule has 102 valence electrons. The van der Waals surface area contributed by atoms with E-state index in [4.69, 9.17) is 15.0 Å². The van der Waals surface area contributed by atoms with Gasteiger partial charge in [-0.15, -0.1) is 0 Å². The zero-order chi connectivity index (χ0) is 13.4. The Kier molecular flexibility index (Phi) is 19.6. The van der Waals surface area contributed by atoms with Crippen LogP contribution in [0.3, 0.4) is 0 Å². The molecule has 0 saturated heterocycles. The summed E-state index contributed by atoms with van der Waals surface area (Å²) in [5.74, 6) is 1.25. The molecular weight excluding hydrogens is 216 g/mol. The quantitative estimate of drug-likeness (QED) is 0.459. The Bertz CT molecular complexity index is 163. The van der Waals surface area contributed by atoms with E-state index in [1.165, 1.54) is 50.9 Å². The van der Waals surface area contributed by atoms with E-state index in [2.05, 4.69) is 13.5 Å². The maximum absolute atomic E-state index is 9.08. The molecule has 0 aromatic carbocycles. The predicted octanol–water partition coefficient (Wildman–Crippen LogP) is 2.87. The first-order valence-corrected chi connectivity index (χ1v) is 6.66. The Hall–Kier alpha value is -0.630. The molecule has 0 spiro atoms. The van der Waals surface area contributed by atoms with Crippen LogP contribution in [0, 0.1) is 0 Å². The van der Waals surface area contributed by atoms with E-state index in [-0.39, 0.29) is 6.61 Å². The van der Waals surface area contributed by atoms with Gasteiger partial charge in [0, 0.05) is 0 Å². The lowest BCUT2D eigenvalue weighted by molar-refractivity contribution is 0.0860. The van der Waals surface area contributed by atoms with Crippen molar-refractivity contribution in [2.75, 3.05) is 6.61 Å². The van der Waals surface area contributed by atoms with Crippen molar-refractivity contribution >= 4 is 5.94 Å². The van der Waals surface area contributed by atoms with Gasteiger partial charge in [-0.1, -0.05) is 58.3 Å². The molecule has 0 aliphatic rings. The van der Waals surface area contributed by atoms with Crippen molar-refractivity contribution < 1.29 is 15.0 Å². The third-order valence-electron chi connectivity index (χ3n) is 2.60. The summed E-state index contributed by atoms with van der Waals surface area (Å²) >= 11 is 0. The number of carbonyl (C=O) groups excluding carboxylic acids is 1. The molecule has 1 atom stereocenters. The molecule has 3 nitrogen and oxygen atoms in total. The average Bonchev–Trinajstić information content (AvgIpc) is 2.33. The maximum atomic E-state index is 9.08. The molecule has 0 bridgehead atoms. The smallest absolute Gasteiger partial charge is 0.116 e. The fourth-order valence-corrected chi connectivity index (χ4v) is 1.61. The van der Waals surface area contributed by atoms with Gasteiger partial charge in [0.1, 0.15) is 5.94 Å². The lowest BCUT2D eigenvalue weighted by Crippen LogP contribution is -2.10. The van der Waals surface area contributed by atoms with Crippen LogP contribution in [0.25, 0.3) is 0 Å². The Morgan fingerprint density at radius 1 is 1.06 bits per heavy atom. The number of hydrogen-bond donors (Lipinski definition) is 2. The van der Waals surface area contributed by atoms with E-state index >= 15 is 0 Å². The van der Waals surface area contributed by atoms with Gasteiger partial charge in [-0.05, 0) is 13.0 Å². The molecule has 0 aromatic rings. The van der Waals surface area contributed by atoms with Crippen LogP contribution < -0.4 is 0 Å². The molecule has 0 heterocycles. The van der Waals surface area contributed by atoms with E-state index < -0.39 is 6.10 Å². The Balaban J connectivity index is 0. The average molecular weight is 244 g/mol. The minimum atomic E-state index is -0.491. The zero-order valence-electron chi connectivity index (χ0n) is 11.2. The molecule has 0 saturated carbocycles. The summed E-state index contributed by atoms with van der Waals surface area (Å²) in [4.78, 5) is 8.57. The first-order chi connectivity index (χ1) is 8.22. The molecule has 0 aromatic heterocycles. The topological polar surface area (TPSA) is 57.5 Å². The van der Waals surface area contributed by atoms with Crippen molar-refractivity contribution in [2.24, 2.45) is 0 Å². The molecule has 0 rings (SSSR count). The minimum absolute atomic E-state index is 0.0868. The number of unbranched alkanes of at least 4 members (excludes halogenated alkanes) is 7. The third kappa shape index (κ3) is 21.3. The molecule has 1 unspecified atom stereocenters. The van der Waals surface area contributed by atoms with Crippen molar-refractivity contribution in [2.45, 2.75) is 70.8 Å². The van der Waals surface area contributed by atoms with Gasteiger partial charge in [-0.25, -0.2) is 4.79 Å². The van der Waals surface area contributed by atoms with Crippen molar-refractivity contribution in [1.82, 2.24) is 0 Å². The normalized spacial score (nSPS) is 11.2. The van der Waals surface area contributed by atoms with Crippen LogP contribution in [0.2, 0.25) is 0 Å². The summed E-state index contributed by atoms with van der Waals surface area (Å²) in [5, 5.41) is 17.7. The summed E-state index contributed by atoms with van der Waals surface area (Å²) < 4.78 is 0. The standard InChI is InChI=1S/C12H26O2.C2H2O/c1-2-3-4-5-6-7-8-9-10-12(14)11-13;1-2-3/h12-14H,2-11H2,1H3;1H2.